The number of nitrogens with zero attached hydrogens (tertiary/aromatic N) is 2. The van der Waals surface area contributed by atoms with Crippen molar-refractivity contribution in [1.29, 1.82) is 0 Å². The summed E-state index contributed by atoms with van der Waals surface area (Å²) in [7, 11) is 0. The lowest BCUT2D eigenvalue weighted by atomic mass is 10.1. The monoisotopic (exact) mass is 502 g/mol. The molecule has 3 aromatic rings. The zero-order chi connectivity index (χ0) is 26.1. The van der Waals surface area contributed by atoms with Crippen LogP contribution in [0.3, 0.4) is 0 Å². The molecule has 0 unspecified atom stereocenters. The predicted octanol–water partition coefficient (Wildman–Crippen LogP) is 8.80. The Hall–Kier alpha value is -3.54. The summed E-state index contributed by atoms with van der Waals surface area (Å²) in [5, 5.41) is 8.72. The number of nitrogens with two attached hydrogens (primary N) is 2. The molecule has 0 amide bonds. The van der Waals surface area contributed by atoms with E-state index >= 15 is 0 Å². The molecule has 0 fully saturated rings. The van der Waals surface area contributed by atoms with Crippen molar-refractivity contribution in [2.24, 2.45) is 10.2 Å². The van der Waals surface area contributed by atoms with Crippen LogP contribution in [0.2, 0.25) is 0 Å². The first kappa shape index (κ1) is 28.0. The molecule has 0 atom stereocenters. The molecule has 0 aliphatic carbocycles. The normalized spacial score (nSPS) is 11.2. The highest BCUT2D eigenvalue weighted by Gasteiger charge is 2.00. The quantitative estimate of drug-likeness (QED) is 0.109. The summed E-state index contributed by atoms with van der Waals surface area (Å²) >= 11 is 0. The topological polar surface area (TPSA) is 95.2 Å². The minimum absolute atomic E-state index is 0.628. The van der Waals surface area contributed by atoms with Crippen molar-refractivity contribution >= 4 is 22.7 Å². The Bertz CT molecular complexity index is 1050. The van der Waals surface area contributed by atoms with Crippen molar-refractivity contribution in [2.45, 2.75) is 71.1 Å². The van der Waals surface area contributed by atoms with E-state index in [0.717, 1.165) is 61.4 Å². The third-order valence-electron chi connectivity index (χ3n) is 6.15. The molecule has 4 N–H and O–H groups in total. The first-order chi connectivity index (χ1) is 18.1. The summed E-state index contributed by atoms with van der Waals surface area (Å²) in [5.74, 6) is 1.60. The van der Waals surface area contributed by atoms with Gasteiger partial charge < -0.3 is 20.9 Å². The summed E-state index contributed by atoms with van der Waals surface area (Å²) in [4.78, 5) is 0. The molecule has 198 valence electrons. The molecule has 3 aromatic carbocycles. The average molecular weight is 503 g/mol. The van der Waals surface area contributed by atoms with Crippen LogP contribution in [0.25, 0.3) is 0 Å². The lowest BCUT2D eigenvalue weighted by molar-refractivity contribution is 0.293. The summed E-state index contributed by atoms with van der Waals surface area (Å²) in [6.45, 7) is 3.63. The second-order valence-electron chi connectivity index (χ2n) is 9.47. The highest BCUT2D eigenvalue weighted by molar-refractivity contribution is 5.56. The van der Waals surface area contributed by atoms with E-state index in [2.05, 4.69) is 29.3 Å². The number of rotatable bonds is 17. The van der Waals surface area contributed by atoms with E-state index in [1.54, 1.807) is 18.2 Å². The van der Waals surface area contributed by atoms with Crippen molar-refractivity contribution in [3.63, 3.8) is 0 Å². The number of hydrogen-bond donors (Lipinski definition) is 2. The molecule has 0 aliphatic rings. The molecule has 0 bridgehead atoms. The van der Waals surface area contributed by atoms with Crippen molar-refractivity contribution in [2.75, 3.05) is 24.7 Å². The minimum atomic E-state index is 0.628. The fourth-order valence-corrected chi connectivity index (χ4v) is 4.05. The predicted molar refractivity (Wildman–Crippen MR) is 154 cm³/mol. The van der Waals surface area contributed by atoms with Gasteiger partial charge in [-0.3, -0.25) is 0 Å². The summed E-state index contributed by atoms with van der Waals surface area (Å²) in [6, 6.07) is 21.5. The van der Waals surface area contributed by atoms with Gasteiger partial charge in [0.15, 0.2) is 0 Å². The number of benzene rings is 3. The fourth-order valence-electron chi connectivity index (χ4n) is 4.05. The minimum Gasteiger partial charge on any atom is -0.494 e. The zero-order valence-corrected chi connectivity index (χ0v) is 22.2. The van der Waals surface area contributed by atoms with Gasteiger partial charge >= 0.3 is 0 Å². The van der Waals surface area contributed by atoms with E-state index in [-0.39, 0.29) is 0 Å². The van der Waals surface area contributed by atoms with Crippen molar-refractivity contribution < 1.29 is 9.47 Å². The Labute approximate surface area is 222 Å². The fraction of sp³-hybridized carbons (Fsp3) is 0.419. The van der Waals surface area contributed by atoms with Crippen molar-refractivity contribution in [3.8, 4) is 11.5 Å². The smallest absolute Gasteiger partial charge is 0.123 e. The van der Waals surface area contributed by atoms with E-state index in [0.29, 0.717) is 24.6 Å². The van der Waals surface area contributed by atoms with E-state index < -0.39 is 0 Å². The molecule has 0 radical (unpaired) electrons. The number of anilines is 2. The molecule has 6 nitrogen and oxygen atoms in total. The van der Waals surface area contributed by atoms with Crippen LogP contribution < -0.4 is 20.9 Å². The van der Waals surface area contributed by atoms with Gasteiger partial charge in [-0.2, -0.15) is 10.2 Å². The Morgan fingerprint density at radius 3 is 1.68 bits per heavy atom. The number of aryl methyl sites for hydroxylation is 1. The molecular formula is C31H42N4O2. The third kappa shape index (κ3) is 11.4. The standard InChI is InChI=1S/C31H42N4O2/c1-2-3-4-8-11-25-12-14-28(15-13-25)34-35-29-16-18-30(19-17-29)36-20-9-6-5-7-10-21-37-31-23-26(32)22-27(33)24-31/h12-19,22-24H,2-11,20-21,32-33H2,1H3. The van der Waals surface area contributed by atoms with E-state index in [4.69, 9.17) is 20.9 Å². The van der Waals surface area contributed by atoms with Crippen molar-refractivity contribution in [1.82, 2.24) is 0 Å². The Balaban J connectivity index is 1.25. The van der Waals surface area contributed by atoms with Crippen LogP contribution in [0.4, 0.5) is 22.7 Å². The van der Waals surface area contributed by atoms with Crippen LogP contribution in [0, 0.1) is 0 Å². The zero-order valence-electron chi connectivity index (χ0n) is 22.2. The van der Waals surface area contributed by atoms with Gasteiger partial charge in [-0.05, 0) is 73.7 Å². The molecule has 0 spiro atoms. The maximum Gasteiger partial charge on any atom is 0.123 e. The van der Waals surface area contributed by atoms with E-state index in [1.165, 1.54) is 31.2 Å². The van der Waals surface area contributed by atoms with Crippen LogP contribution in [-0.4, -0.2) is 13.2 Å². The van der Waals surface area contributed by atoms with E-state index in [9.17, 15) is 0 Å². The largest absolute Gasteiger partial charge is 0.494 e. The van der Waals surface area contributed by atoms with Crippen LogP contribution in [0.1, 0.15) is 70.3 Å². The van der Waals surface area contributed by atoms with Crippen LogP contribution in [0.5, 0.6) is 11.5 Å². The third-order valence-corrected chi connectivity index (χ3v) is 6.15. The van der Waals surface area contributed by atoms with Gasteiger partial charge in [0.25, 0.3) is 0 Å². The van der Waals surface area contributed by atoms with E-state index in [1.807, 2.05) is 36.4 Å². The number of ether oxygens (including phenoxy) is 2. The molecule has 0 aromatic heterocycles. The van der Waals surface area contributed by atoms with Crippen LogP contribution in [-0.2, 0) is 6.42 Å². The van der Waals surface area contributed by atoms with Gasteiger partial charge in [-0.25, -0.2) is 0 Å². The molecule has 0 heterocycles. The molecule has 37 heavy (non-hydrogen) atoms. The molecule has 0 saturated heterocycles. The molecular weight excluding hydrogens is 460 g/mol. The van der Waals surface area contributed by atoms with Gasteiger partial charge in [0.05, 0.1) is 24.6 Å². The molecule has 6 heteroatoms. The Morgan fingerprint density at radius 2 is 1.08 bits per heavy atom. The molecule has 0 saturated carbocycles. The van der Waals surface area contributed by atoms with Gasteiger partial charge in [-0.15, -0.1) is 0 Å². The summed E-state index contributed by atoms with van der Waals surface area (Å²) in [5.41, 5.74) is 15.9. The van der Waals surface area contributed by atoms with Gasteiger partial charge in [-0.1, -0.05) is 57.6 Å². The summed E-state index contributed by atoms with van der Waals surface area (Å²) in [6.07, 6.45) is 11.7. The first-order valence-electron chi connectivity index (χ1n) is 13.6. The maximum atomic E-state index is 5.87. The Morgan fingerprint density at radius 1 is 0.568 bits per heavy atom. The lowest BCUT2D eigenvalue weighted by Crippen LogP contribution is -2.00. The number of hydrogen-bond acceptors (Lipinski definition) is 6. The molecule has 0 aliphatic heterocycles. The second-order valence-corrected chi connectivity index (χ2v) is 9.47. The second kappa shape index (κ2) is 16.3. The maximum absolute atomic E-state index is 5.87. The number of nitrogen functional groups attached to an aromatic ring is 2. The highest BCUT2D eigenvalue weighted by Crippen LogP contribution is 2.23. The number of unbranched alkanes of at least 4 members (excludes halogenated alkanes) is 7. The average Bonchev–Trinajstić information content (AvgIpc) is 2.90. The van der Waals surface area contributed by atoms with Gasteiger partial charge in [0.1, 0.15) is 11.5 Å². The van der Waals surface area contributed by atoms with Crippen LogP contribution >= 0.6 is 0 Å². The SMILES string of the molecule is CCCCCCc1ccc(N=Nc2ccc(OCCCCCCCOc3cc(N)cc(N)c3)cc2)cc1. The molecule has 3 rings (SSSR count). The Kier molecular flexibility index (Phi) is 12.3. The highest BCUT2D eigenvalue weighted by atomic mass is 16.5. The summed E-state index contributed by atoms with van der Waals surface area (Å²) < 4.78 is 11.6. The lowest BCUT2D eigenvalue weighted by Gasteiger charge is -2.08. The van der Waals surface area contributed by atoms with Gasteiger partial charge in [0.2, 0.25) is 0 Å². The number of azo groups is 1. The van der Waals surface area contributed by atoms with Crippen molar-refractivity contribution in [3.05, 3.63) is 72.3 Å². The van der Waals surface area contributed by atoms with Crippen LogP contribution in [0.15, 0.2) is 77.0 Å². The van der Waals surface area contributed by atoms with Gasteiger partial charge in [0, 0.05) is 23.5 Å². The first-order valence-corrected chi connectivity index (χ1v) is 13.6.